The molecule has 1 aliphatic rings. The fourth-order valence-corrected chi connectivity index (χ4v) is 4.50. The Morgan fingerprint density at radius 3 is 2.61 bits per heavy atom. The molecule has 2 atom stereocenters. The number of aliphatic imine (C=N–C) groups is 1. The summed E-state index contributed by atoms with van der Waals surface area (Å²) < 4.78 is 7.40. The number of carboxylic acid groups (broad SMARTS) is 1. The fraction of sp³-hybridized carbons (Fsp3) is 0.214. The molecule has 0 fully saturated rings. The molecule has 38 heavy (non-hydrogen) atoms. The van der Waals surface area contributed by atoms with Crippen molar-refractivity contribution in [3.05, 3.63) is 106 Å². The van der Waals surface area contributed by atoms with Crippen LogP contribution in [0.4, 0.5) is 5.69 Å². The first kappa shape index (κ1) is 26.2. The minimum Gasteiger partial charge on any atom is -0.481 e. The van der Waals surface area contributed by atoms with E-state index in [2.05, 4.69) is 9.98 Å². The zero-order valence-electron chi connectivity index (χ0n) is 20.9. The molecule has 1 aromatic heterocycles. The van der Waals surface area contributed by atoms with Crippen LogP contribution in [-0.4, -0.2) is 43.8 Å². The molecule has 0 aliphatic carbocycles. The zero-order chi connectivity index (χ0) is 27.2. The molecule has 2 unspecified atom stereocenters. The van der Waals surface area contributed by atoms with Gasteiger partial charge < -0.3 is 14.4 Å². The van der Waals surface area contributed by atoms with Crippen LogP contribution in [0.5, 0.6) is 0 Å². The third-order valence-electron chi connectivity index (χ3n) is 6.28. The number of rotatable bonds is 9. The number of esters is 1. The molecule has 1 N–H and O–H groups in total. The Kier molecular flexibility index (Phi) is 7.91. The van der Waals surface area contributed by atoms with E-state index in [9.17, 15) is 24.8 Å². The Labute approximate surface area is 218 Å². The van der Waals surface area contributed by atoms with Gasteiger partial charge in [0.25, 0.3) is 5.69 Å². The molecule has 10 heteroatoms. The maximum atomic E-state index is 13.2. The molecule has 0 saturated heterocycles. The van der Waals surface area contributed by atoms with Crippen LogP contribution in [0.3, 0.4) is 0 Å². The van der Waals surface area contributed by atoms with E-state index in [4.69, 9.17) is 4.74 Å². The van der Waals surface area contributed by atoms with Crippen LogP contribution in [0.15, 0.2) is 89.6 Å². The van der Waals surface area contributed by atoms with Gasteiger partial charge in [-0.15, -0.1) is 0 Å². The van der Waals surface area contributed by atoms with Crippen molar-refractivity contribution in [2.24, 2.45) is 10.9 Å². The largest absolute Gasteiger partial charge is 0.481 e. The number of nitro benzene ring substituents is 1. The van der Waals surface area contributed by atoms with E-state index in [1.165, 1.54) is 18.2 Å². The number of aliphatic carboxylic acids is 1. The second-order valence-electron chi connectivity index (χ2n) is 8.79. The number of carboxylic acids is 1. The predicted octanol–water partition coefficient (Wildman–Crippen LogP) is 4.96. The number of allylic oxidation sites excluding steroid dienone is 1. The number of non-ortho nitro benzene ring substituents is 1. The van der Waals surface area contributed by atoms with Crippen molar-refractivity contribution in [1.29, 1.82) is 0 Å². The molecule has 2 heterocycles. The maximum Gasteiger partial charge on any atom is 0.336 e. The summed E-state index contributed by atoms with van der Waals surface area (Å²) >= 11 is 0. The van der Waals surface area contributed by atoms with Gasteiger partial charge >= 0.3 is 11.9 Å². The van der Waals surface area contributed by atoms with Crippen molar-refractivity contribution < 1.29 is 24.4 Å². The number of hydrogen-bond acceptors (Lipinski definition) is 7. The average molecular weight is 515 g/mol. The van der Waals surface area contributed by atoms with Gasteiger partial charge in [-0.2, -0.15) is 0 Å². The van der Waals surface area contributed by atoms with Crippen LogP contribution >= 0.6 is 0 Å². The second-order valence-corrected chi connectivity index (χ2v) is 8.79. The number of nitro groups is 1. The lowest BCUT2D eigenvalue weighted by molar-refractivity contribution is -0.384. The normalized spacial score (nSPS) is 17.4. The lowest BCUT2D eigenvalue weighted by atomic mass is 9.75. The number of ether oxygens (including phenoxy) is 1. The van der Waals surface area contributed by atoms with E-state index in [0.29, 0.717) is 23.4 Å². The lowest BCUT2D eigenvalue weighted by Crippen LogP contribution is -2.35. The number of carbonyl (C=O) groups excluding carboxylic acids is 1. The molecule has 2 aromatic carbocycles. The van der Waals surface area contributed by atoms with Crippen molar-refractivity contribution >= 4 is 29.4 Å². The van der Waals surface area contributed by atoms with Gasteiger partial charge in [0.05, 0.1) is 23.4 Å². The lowest BCUT2D eigenvalue weighted by Gasteiger charge is -2.30. The smallest absolute Gasteiger partial charge is 0.336 e. The average Bonchev–Trinajstić information content (AvgIpc) is 3.43. The monoisotopic (exact) mass is 514 g/mol. The SMILES string of the molecule is CC1=NC(C)=C(C(=O)OCCC=Cc2ccc(-n3ccnc3)cc2)C(c2cccc([N+](=O)[O-])c2)C1C(=O)O. The highest BCUT2D eigenvalue weighted by molar-refractivity contribution is 6.06. The minimum absolute atomic E-state index is 0.0708. The molecule has 0 bridgehead atoms. The third-order valence-corrected chi connectivity index (χ3v) is 6.28. The number of benzene rings is 2. The van der Waals surface area contributed by atoms with Gasteiger partial charge in [-0.25, -0.2) is 9.78 Å². The van der Waals surface area contributed by atoms with E-state index in [0.717, 1.165) is 11.3 Å². The summed E-state index contributed by atoms with van der Waals surface area (Å²) in [6.45, 7) is 3.25. The molecule has 0 amide bonds. The van der Waals surface area contributed by atoms with Crippen LogP contribution in [0.25, 0.3) is 11.8 Å². The Morgan fingerprint density at radius 1 is 1.18 bits per heavy atom. The standard InChI is InChI=1S/C28H26N4O6/c1-18-24(27(33)34)26(21-7-5-8-23(16-21)32(36)37)25(19(2)30-18)28(35)38-15-4-3-6-20-9-11-22(12-10-20)31-14-13-29-17-31/h3,5-14,16-17,24,26H,4,15H2,1-2H3,(H,33,34). The molecular formula is C28H26N4O6. The molecule has 194 valence electrons. The third kappa shape index (κ3) is 5.75. The Hall–Kier alpha value is -4.86. The predicted molar refractivity (Wildman–Crippen MR) is 141 cm³/mol. The van der Waals surface area contributed by atoms with E-state index >= 15 is 0 Å². The van der Waals surface area contributed by atoms with Crippen molar-refractivity contribution in [2.45, 2.75) is 26.2 Å². The quantitative estimate of drug-likeness (QED) is 0.184. The van der Waals surface area contributed by atoms with E-state index in [1.807, 2.05) is 47.2 Å². The van der Waals surface area contributed by atoms with Crippen LogP contribution in [-0.2, 0) is 14.3 Å². The van der Waals surface area contributed by atoms with Crippen LogP contribution in [0.1, 0.15) is 37.3 Å². The Morgan fingerprint density at radius 2 is 1.95 bits per heavy atom. The first-order chi connectivity index (χ1) is 18.3. The second kappa shape index (κ2) is 11.5. The number of hydrogen-bond donors (Lipinski definition) is 1. The summed E-state index contributed by atoms with van der Waals surface area (Å²) in [6, 6.07) is 13.5. The summed E-state index contributed by atoms with van der Waals surface area (Å²) in [5.74, 6) is -4.00. The Bertz CT molecular complexity index is 1440. The maximum absolute atomic E-state index is 13.2. The molecule has 1 aliphatic heterocycles. The van der Waals surface area contributed by atoms with Gasteiger partial charge in [-0.3, -0.25) is 19.9 Å². The summed E-state index contributed by atoms with van der Waals surface area (Å²) in [5.41, 5.74) is 2.83. The summed E-state index contributed by atoms with van der Waals surface area (Å²) in [5, 5.41) is 21.2. The zero-order valence-corrected chi connectivity index (χ0v) is 20.9. The van der Waals surface area contributed by atoms with Crippen molar-refractivity contribution in [3.63, 3.8) is 0 Å². The molecule has 4 rings (SSSR count). The van der Waals surface area contributed by atoms with E-state index in [1.54, 1.807) is 32.4 Å². The van der Waals surface area contributed by atoms with Crippen LogP contribution in [0, 0.1) is 16.0 Å². The molecular weight excluding hydrogens is 488 g/mol. The number of imidazole rings is 1. The fourth-order valence-electron chi connectivity index (χ4n) is 4.50. The van der Waals surface area contributed by atoms with Gasteiger partial charge in [0.2, 0.25) is 0 Å². The molecule has 0 spiro atoms. The molecule has 10 nitrogen and oxygen atoms in total. The van der Waals surface area contributed by atoms with Crippen molar-refractivity contribution in [3.8, 4) is 5.69 Å². The number of aromatic nitrogens is 2. The minimum atomic E-state index is -1.18. The Balaban J connectivity index is 1.47. The summed E-state index contributed by atoms with van der Waals surface area (Å²) in [6.07, 6.45) is 9.52. The van der Waals surface area contributed by atoms with E-state index in [-0.39, 0.29) is 17.9 Å². The summed E-state index contributed by atoms with van der Waals surface area (Å²) in [4.78, 5) is 44.4. The van der Waals surface area contributed by atoms with Gasteiger partial charge in [0.15, 0.2) is 0 Å². The van der Waals surface area contributed by atoms with Crippen LogP contribution < -0.4 is 0 Å². The first-order valence-corrected chi connectivity index (χ1v) is 11.9. The van der Waals surface area contributed by atoms with Gasteiger partial charge in [0, 0.05) is 47.5 Å². The van der Waals surface area contributed by atoms with E-state index < -0.39 is 28.7 Å². The topological polar surface area (TPSA) is 137 Å². The molecule has 3 aromatic rings. The molecule has 0 radical (unpaired) electrons. The highest BCUT2D eigenvalue weighted by Gasteiger charge is 2.42. The van der Waals surface area contributed by atoms with Crippen molar-refractivity contribution in [1.82, 2.24) is 9.55 Å². The highest BCUT2D eigenvalue weighted by Crippen LogP contribution is 2.40. The summed E-state index contributed by atoms with van der Waals surface area (Å²) in [7, 11) is 0. The first-order valence-electron chi connectivity index (χ1n) is 11.9. The number of carbonyl (C=O) groups is 2. The highest BCUT2D eigenvalue weighted by atomic mass is 16.6. The van der Waals surface area contributed by atoms with Gasteiger partial charge in [-0.1, -0.05) is 36.4 Å². The van der Waals surface area contributed by atoms with Gasteiger partial charge in [-0.05, 0) is 43.5 Å². The van der Waals surface area contributed by atoms with Crippen molar-refractivity contribution in [2.75, 3.05) is 6.61 Å². The number of nitrogens with zero attached hydrogens (tertiary/aromatic N) is 4. The van der Waals surface area contributed by atoms with Gasteiger partial charge in [0.1, 0.15) is 5.92 Å². The van der Waals surface area contributed by atoms with Crippen LogP contribution in [0.2, 0.25) is 0 Å². The molecule has 0 saturated carbocycles.